The van der Waals surface area contributed by atoms with E-state index in [1.807, 2.05) is 0 Å². The summed E-state index contributed by atoms with van der Waals surface area (Å²) >= 11 is 5.89. The van der Waals surface area contributed by atoms with Crippen molar-refractivity contribution in [2.75, 3.05) is 23.7 Å². The van der Waals surface area contributed by atoms with Gasteiger partial charge in [0.1, 0.15) is 5.82 Å². The average Bonchev–Trinajstić information content (AvgIpc) is 3.02. The van der Waals surface area contributed by atoms with Crippen molar-refractivity contribution in [3.63, 3.8) is 0 Å². The molecule has 1 aliphatic heterocycles. The van der Waals surface area contributed by atoms with Gasteiger partial charge in [-0.1, -0.05) is 11.6 Å². The molecule has 29 heavy (non-hydrogen) atoms. The van der Waals surface area contributed by atoms with Crippen molar-refractivity contribution in [1.29, 1.82) is 0 Å². The number of benzene rings is 2. The number of halogens is 2. The Kier molecular flexibility index (Phi) is 4.78. The molecule has 2 aromatic carbocycles. The van der Waals surface area contributed by atoms with Crippen LogP contribution in [0, 0.1) is 12.7 Å². The Morgan fingerprint density at radius 1 is 1.24 bits per heavy atom. The number of sulfonamides is 1. The van der Waals surface area contributed by atoms with Gasteiger partial charge in [-0.2, -0.15) is 0 Å². The largest absolute Gasteiger partial charge is 0.490 e. The highest BCUT2D eigenvalue weighted by Crippen LogP contribution is 2.38. The summed E-state index contributed by atoms with van der Waals surface area (Å²) in [5.74, 6) is -0.602. The Balaban J connectivity index is 2.08. The fourth-order valence-electron chi connectivity index (χ4n) is 3.51. The molecule has 0 bridgehead atoms. The fourth-order valence-corrected chi connectivity index (χ4v) is 5.25. The van der Waals surface area contributed by atoms with Crippen LogP contribution < -0.4 is 14.5 Å². The van der Waals surface area contributed by atoms with Gasteiger partial charge in [-0.25, -0.2) is 12.8 Å². The van der Waals surface area contributed by atoms with Crippen LogP contribution in [0.25, 0.3) is 22.3 Å². The monoisotopic (exact) mass is 437 g/mol. The van der Waals surface area contributed by atoms with E-state index in [1.54, 1.807) is 19.1 Å². The molecule has 3 aromatic rings. The third-order valence-corrected chi connectivity index (χ3v) is 6.97. The summed E-state index contributed by atoms with van der Waals surface area (Å²) in [6.45, 7) is 2.07. The zero-order chi connectivity index (χ0) is 20.9. The van der Waals surface area contributed by atoms with Gasteiger partial charge >= 0.3 is 0 Å². The molecule has 2 heterocycles. The summed E-state index contributed by atoms with van der Waals surface area (Å²) in [6, 6.07) is 7.18. The average molecular weight is 438 g/mol. The van der Waals surface area contributed by atoms with Crippen LogP contribution in [-0.4, -0.2) is 27.8 Å². The van der Waals surface area contributed by atoms with E-state index >= 15 is 0 Å². The molecule has 1 fully saturated rings. The fraction of sp³-hybridized carbons (Fsp3) is 0.250. The van der Waals surface area contributed by atoms with Crippen LogP contribution in [0.4, 0.5) is 10.1 Å². The van der Waals surface area contributed by atoms with Crippen LogP contribution in [-0.2, 0) is 10.0 Å². The van der Waals surface area contributed by atoms with Crippen molar-refractivity contribution in [2.45, 2.75) is 13.3 Å². The van der Waals surface area contributed by atoms with Crippen molar-refractivity contribution in [2.24, 2.45) is 0 Å². The first-order valence-corrected chi connectivity index (χ1v) is 10.8. The number of aryl methyl sites for hydroxylation is 1. The summed E-state index contributed by atoms with van der Waals surface area (Å²) in [4.78, 5) is 13.1. The summed E-state index contributed by atoms with van der Waals surface area (Å²) in [6.07, 6.45) is 0.485. The SMILES string of the molecule is COc1c(-c2ccc(F)c(Cl)c2)oc2c(N3CCCS3(=O)=O)cc(C)cc2c1=O. The van der Waals surface area contributed by atoms with Gasteiger partial charge in [0.15, 0.2) is 11.3 Å². The van der Waals surface area contributed by atoms with E-state index in [2.05, 4.69) is 0 Å². The lowest BCUT2D eigenvalue weighted by molar-refractivity contribution is 0.399. The summed E-state index contributed by atoms with van der Waals surface area (Å²) < 4.78 is 51.1. The Hall–Kier alpha value is -2.58. The van der Waals surface area contributed by atoms with E-state index in [0.29, 0.717) is 29.8 Å². The molecule has 4 rings (SSSR count). The number of hydrogen-bond donors (Lipinski definition) is 0. The van der Waals surface area contributed by atoms with Crippen molar-refractivity contribution in [3.05, 3.63) is 57.0 Å². The van der Waals surface area contributed by atoms with Crippen LogP contribution >= 0.6 is 11.6 Å². The van der Waals surface area contributed by atoms with Gasteiger partial charge in [0.25, 0.3) is 0 Å². The molecule has 0 spiro atoms. The number of rotatable bonds is 3. The van der Waals surface area contributed by atoms with Crippen molar-refractivity contribution >= 4 is 38.3 Å². The van der Waals surface area contributed by atoms with E-state index in [9.17, 15) is 17.6 Å². The minimum absolute atomic E-state index is 0.0310. The Labute approximate surface area is 171 Å². The summed E-state index contributed by atoms with van der Waals surface area (Å²) in [7, 11) is -2.17. The van der Waals surface area contributed by atoms with E-state index in [4.69, 9.17) is 20.8 Å². The molecular weight excluding hydrogens is 421 g/mol. The number of ether oxygens (including phenoxy) is 1. The molecule has 9 heteroatoms. The normalized spacial score (nSPS) is 15.8. The molecule has 1 aliphatic rings. The molecule has 6 nitrogen and oxygen atoms in total. The van der Waals surface area contributed by atoms with Gasteiger partial charge in [0.05, 0.1) is 29.0 Å². The molecular formula is C20H17ClFNO5S. The molecule has 0 unspecified atom stereocenters. The molecule has 0 amide bonds. The lowest BCUT2D eigenvalue weighted by atomic mass is 10.1. The molecule has 1 aromatic heterocycles. The topological polar surface area (TPSA) is 76.8 Å². The predicted molar refractivity (Wildman–Crippen MR) is 110 cm³/mol. The third kappa shape index (κ3) is 3.26. The van der Waals surface area contributed by atoms with Crippen molar-refractivity contribution < 1.29 is 22.0 Å². The Morgan fingerprint density at radius 3 is 2.62 bits per heavy atom. The second-order valence-electron chi connectivity index (χ2n) is 6.82. The highest BCUT2D eigenvalue weighted by molar-refractivity contribution is 7.93. The lowest BCUT2D eigenvalue weighted by Gasteiger charge is -2.20. The first-order valence-electron chi connectivity index (χ1n) is 8.84. The number of anilines is 1. The second kappa shape index (κ2) is 7.03. The zero-order valence-corrected chi connectivity index (χ0v) is 17.2. The minimum atomic E-state index is -3.50. The highest BCUT2D eigenvalue weighted by Gasteiger charge is 2.32. The standard InChI is InChI=1S/C20H17ClFNO5S/c1-11-8-13-17(24)20(27-2)18(12-4-5-15(22)14(21)10-12)28-19(13)16(9-11)23-6-3-7-29(23,25)26/h4-5,8-10H,3,6-7H2,1-2H3. The van der Waals surface area contributed by atoms with E-state index in [0.717, 1.165) is 6.07 Å². The molecule has 0 saturated carbocycles. The third-order valence-electron chi connectivity index (χ3n) is 4.83. The molecule has 0 N–H and O–H groups in total. The van der Waals surface area contributed by atoms with Gasteiger partial charge in [-0.05, 0) is 49.2 Å². The second-order valence-corrected chi connectivity index (χ2v) is 9.24. The predicted octanol–water partition coefficient (Wildman–Crippen LogP) is 4.11. The first kappa shape index (κ1) is 19.7. The van der Waals surface area contributed by atoms with Gasteiger partial charge in [0.2, 0.25) is 21.2 Å². The van der Waals surface area contributed by atoms with Gasteiger partial charge < -0.3 is 9.15 Å². The maximum atomic E-state index is 13.6. The number of nitrogens with zero attached hydrogens (tertiary/aromatic N) is 1. The van der Waals surface area contributed by atoms with Gasteiger partial charge in [0, 0.05) is 12.1 Å². The van der Waals surface area contributed by atoms with Gasteiger partial charge in [-0.15, -0.1) is 0 Å². The lowest BCUT2D eigenvalue weighted by Crippen LogP contribution is -2.25. The highest BCUT2D eigenvalue weighted by atomic mass is 35.5. The number of methoxy groups -OCH3 is 1. The molecule has 0 aliphatic carbocycles. The zero-order valence-electron chi connectivity index (χ0n) is 15.7. The Morgan fingerprint density at radius 2 is 2.00 bits per heavy atom. The molecule has 1 saturated heterocycles. The van der Waals surface area contributed by atoms with Gasteiger partial charge in [-0.3, -0.25) is 9.10 Å². The van der Waals surface area contributed by atoms with Crippen LogP contribution in [0.5, 0.6) is 5.75 Å². The van der Waals surface area contributed by atoms with E-state index in [1.165, 1.54) is 23.5 Å². The Bertz CT molecular complexity index is 1300. The smallest absolute Gasteiger partial charge is 0.235 e. The van der Waals surface area contributed by atoms with Crippen LogP contribution in [0.15, 0.2) is 39.5 Å². The quantitative estimate of drug-likeness (QED) is 0.616. The summed E-state index contributed by atoms with van der Waals surface area (Å²) in [5, 5.41) is 0.0643. The van der Waals surface area contributed by atoms with Crippen LogP contribution in [0.2, 0.25) is 5.02 Å². The molecule has 0 atom stereocenters. The summed E-state index contributed by atoms with van der Waals surface area (Å²) in [5.41, 5.74) is 1.02. The van der Waals surface area contributed by atoms with Crippen molar-refractivity contribution in [1.82, 2.24) is 0 Å². The van der Waals surface area contributed by atoms with E-state index in [-0.39, 0.29) is 33.3 Å². The van der Waals surface area contributed by atoms with Crippen LogP contribution in [0.3, 0.4) is 0 Å². The maximum absolute atomic E-state index is 13.6. The molecule has 0 radical (unpaired) electrons. The minimum Gasteiger partial charge on any atom is -0.490 e. The van der Waals surface area contributed by atoms with E-state index < -0.39 is 21.3 Å². The van der Waals surface area contributed by atoms with Crippen LogP contribution in [0.1, 0.15) is 12.0 Å². The first-order chi connectivity index (χ1) is 13.7. The number of hydrogen-bond acceptors (Lipinski definition) is 5. The number of fused-ring (bicyclic) bond motifs is 1. The van der Waals surface area contributed by atoms with Crippen molar-refractivity contribution in [3.8, 4) is 17.1 Å². The molecule has 152 valence electrons. The maximum Gasteiger partial charge on any atom is 0.235 e.